The van der Waals surface area contributed by atoms with Crippen molar-refractivity contribution in [2.75, 3.05) is 19.6 Å². The largest absolute Gasteiger partial charge is 0.493 e. The molecule has 114 valence electrons. The van der Waals surface area contributed by atoms with Gasteiger partial charge in [-0.25, -0.2) is 4.98 Å². The predicted octanol–water partition coefficient (Wildman–Crippen LogP) is 2.45. The topological polar surface area (TPSA) is 98.9 Å². The first-order valence-corrected chi connectivity index (χ1v) is 6.26. The van der Waals surface area contributed by atoms with Crippen LogP contribution in [-0.2, 0) is 0 Å². The molecule has 22 heavy (non-hydrogen) atoms. The first-order chi connectivity index (χ1) is 10.7. The molecule has 8 heteroatoms. The van der Waals surface area contributed by atoms with Crippen molar-refractivity contribution in [1.82, 2.24) is 4.98 Å². The van der Waals surface area contributed by atoms with E-state index in [1.807, 2.05) is 6.07 Å². The molecule has 0 saturated carbocycles. The van der Waals surface area contributed by atoms with Gasteiger partial charge in [-0.05, 0) is 18.2 Å². The van der Waals surface area contributed by atoms with Crippen molar-refractivity contribution in [3.63, 3.8) is 0 Å². The smallest absolute Gasteiger partial charge is 0.315 e. The number of nitro benzene ring substituents is 1. The van der Waals surface area contributed by atoms with Crippen molar-refractivity contribution < 1.29 is 14.4 Å². The fraction of sp³-hybridized carbons (Fsp3) is 0.143. The van der Waals surface area contributed by atoms with E-state index in [4.69, 9.17) is 9.47 Å². The summed E-state index contributed by atoms with van der Waals surface area (Å²) < 4.78 is 10.1. The van der Waals surface area contributed by atoms with E-state index in [1.54, 1.807) is 24.4 Å². The minimum absolute atomic E-state index is 0.0716. The molecule has 1 aromatic heterocycles. The predicted molar refractivity (Wildman–Crippen MR) is 81.7 cm³/mol. The lowest BCUT2D eigenvalue weighted by atomic mass is 10.2. The zero-order chi connectivity index (χ0) is 15.9. The Hall–Kier alpha value is -3.16. The average Bonchev–Trinajstić information content (AvgIpc) is 2.54. The highest BCUT2D eigenvalue weighted by Crippen LogP contribution is 2.37. The van der Waals surface area contributed by atoms with Crippen LogP contribution in [0.5, 0.6) is 11.5 Å². The third-order valence-corrected chi connectivity index (χ3v) is 2.74. The highest BCUT2D eigenvalue weighted by Gasteiger charge is 2.20. The van der Waals surface area contributed by atoms with Crippen LogP contribution in [0.25, 0.3) is 0 Å². The first-order valence-electron chi connectivity index (χ1n) is 6.26. The van der Waals surface area contributed by atoms with Gasteiger partial charge < -0.3 is 9.47 Å². The second-order valence-corrected chi connectivity index (χ2v) is 4.12. The average molecular weight is 302 g/mol. The molecule has 0 saturated heterocycles. The number of methoxy groups -OCH3 is 2. The fourth-order valence-corrected chi connectivity index (χ4v) is 1.78. The molecule has 0 atom stereocenters. The van der Waals surface area contributed by atoms with Gasteiger partial charge in [0.2, 0.25) is 5.75 Å². The van der Waals surface area contributed by atoms with E-state index in [0.29, 0.717) is 11.4 Å². The Morgan fingerprint density at radius 1 is 1.32 bits per heavy atom. The van der Waals surface area contributed by atoms with E-state index in [1.165, 1.54) is 26.5 Å². The summed E-state index contributed by atoms with van der Waals surface area (Å²) in [5, 5.41) is 15.1. The summed E-state index contributed by atoms with van der Waals surface area (Å²) in [5.41, 5.74) is 3.02. The van der Waals surface area contributed by atoms with Crippen molar-refractivity contribution >= 4 is 17.7 Å². The zero-order valence-electron chi connectivity index (χ0n) is 12.0. The summed E-state index contributed by atoms with van der Waals surface area (Å²) in [5.74, 6) is 0.895. The normalized spacial score (nSPS) is 10.5. The molecule has 0 spiro atoms. The maximum Gasteiger partial charge on any atom is 0.315 e. The molecule has 0 radical (unpaired) electrons. The number of benzene rings is 1. The number of nitrogens with zero attached hydrogens (tertiary/aromatic N) is 3. The lowest BCUT2D eigenvalue weighted by molar-refractivity contribution is -0.385. The van der Waals surface area contributed by atoms with Gasteiger partial charge in [-0.15, -0.1) is 0 Å². The number of hydrogen-bond acceptors (Lipinski definition) is 7. The van der Waals surface area contributed by atoms with E-state index < -0.39 is 4.92 Å². The summed E-state index contributed by atoms with van der Waals surface area (Å²) in [6, 6.07) is 8.29. The molecule has 0 aliphatic heterocycles. The molecule has 8 nitrogen and oxygen atoms in total. The van der Waals surface area contributed by atoms with Crippen LogP contribution in [0.1, 0.15) is 5.56 Å². The molecule has 1 aromatic carbocycles. The van der Waals surface area contributed by atoms with Crippen LogP contribution in [0.3, 0.4) is 0 Å². The van der Waals surface area contributed by atoms with Crippen LogP contribution in [0.4, 0.5) is 11.5 Å². The molecule has 0 aliphatic carbocycles. The second-order valence-electron chi connectivity index (χ2n) is 4.12. The van der Waals surface area contributed by atoms with E-state index >= 15 is 0 Å². The Bertz CT molecular complexity index is 689. The van der Waals surface area contributed by atoms with Gasteiger partial charge in [0.1, 0.15) is 5.82 Å². The molecular formula is C14H14N4O4. The molecular weight excluding hydrogens is 288 g/mol. The number of rotatable bonds is 6. The molecule has 2 rings (SSSR count). The molecule has 0 bridgehead atoms. The van der Waals surface area contributed by atoms with Crippen LogP contribution in [0, 0.1) is 10.1 Å². The lowest BCUT2D eigenvalue weighted by Crippen LogP contribution is -1.99. The minimum Gasteiger partial charge on any atom is -0.493 e. The Morgan fingerprint density at radius 2 is 2.14 bits per heavy atom. The number of hydrazone groups is 1. The van der Waals surface area contributed by atoms with Crippen molar-refractivity contribution in [2.24, 2.45) is 5.10 Å². The van der Waals surface area contributed by atoms with Gasteiger partial charge in [0.25, 0.3) is 0 Å². The van der Waals surface area contributed by atoms with Crippen LogP contribution >= 0.6 is 0 Å². The van der Waals surface area contributed by atoms with Gasteiger partial charge in [0.05, 0.1) is 25.4 Å². The van der Waals surface area contributed by atoms with Crippen LogP contribution in [0.15, 0.2) is 41.6 Å². The standard InChI is InChI=1S/C14H14N4O4/c1-21-12-8-10(7-11(18(19)20)14(12)22-2)9-16-17-13-5-3-4-6-15-13/h3-9H,1-2H3,(H,15,17)/b16-9+. The van der Waals surface area contributed by atoms with Gasteiger partial charge in [-0.1, -0.05) is 6.07 Å². The highest BCUT2D eigenvalue weighted by atomic mass is 16.6. The van der Waals surface area contributed by atoms with E-state index in [2.05, 4.69) is 15.5 Å². The van der Waals surface area contributed by atoms with E-state index in [9.17, 15) is 10.1 Å². The Balaban J connectivity index is 2.27. The molecule has 1 heterocycles. The SMILES string of the molecule is COc1cc(/C=N/Nc2ccccn2)cc([N+](=O)[O-])c1OC. The summed E-state index contributed by atoms with van der Waals surface area (Å²) in [6.07, 6.45) is 3.06. The summed E-state index contributed by atoms with van der Waals surface area (Å²) in [4.78, 5) is 14.6. The third kappa shape index (κ3) is 3.48. The van der Waals surface area contributed by atoms with Crippen molar-refractivity contribution in [1.29, 1.82) is 0 Å². The Labute approximate surface area is 126 Å². The molecule has 0 aliphatic rings. The number of nitrogens with one attached hydrogen (secondary N) is 1. The number of nitro groups is 1. The van der Waals surface area contributed by atoms with Crippen molar-refractivity contribution in [3.8, 4) is 11.5 Å². The van der Waals surface area contributed by atoms with Crippen LogP contribution in [-0.4, -0.2) is 30.3 Å². The van der Waals surface area contributed by atoms with Crippen molar-refractivity contribution in [2.45, 2.75) is 0 Å². The zero-order valence-corrected chi connectivity index (χ0v) is 12.0. The lowest BCUT2D eigenvalue weighted by Gasteiger charge is -2.08. The molecule has 0 fully saturated rings. The van der Waals surface area contributed by atoms with Crippen LogP contribution in [0.2, 0.25) is 0 Å². The van der Waals surface area contributed by atoms with E-state index in [-0.39, 0.29) is 17.2 Å². The Morgan fingerprint density at radius 3 is 2.73 bits per heavy atom. The molecule has 1 N–H and O–H groups in total. The summed E-state index contributed by atoms with van der Waals surface area (Å²) in [7, 11) is 2.76. The quantitative estimate of drug-likeness (QED) is 0.500. The monoisotopic (exact) mass is 302 g/mol. The minimum atomic E-state index is -0.537. The fourth-order valence-electron chi connectivity index (χ4n) is 1.78. The van der Waals surface area contributed by atoms with Gasteiger partial charge >= 0.3 is 5.69 Å². The number of hydrogen-bond donors (Lipinski definition) is 1. The second kappa shape index (κ2) is 7.02. The first kappa shape index (κ1) is 15.2. The maximum absolute atomic E-state index is 11.1. The number of pyridine rings is 1. The van der Waals surface area contributed by atoms with Crippen LogP contribution < -0.4 is 14.9 Å². The van der Waals surface area contributed by atoms with Gasteiger partial charge in [-0.2, -0.15) is 5.10 Å². The number of anilines is 1. The van der Waals surface area contributed by atoms with Gasteiger partial charge in [0.15, 0.2) is 5.75 Å². The van der Waals surface area contributed by atoms with E-state index in [0.717, 1.165) is 0 Å². The Kier molecular flexibility index (Phi) is 4.86. The van der Waals surface area contributed by atoms with Gasteiger partial charge in [-0.3, -0.25) is 15.5 Å². The number of aromatic nitrogens is 1. The maximum atomic E-state index is 11.1. The molecule has 2 aromatic rings. The van der Waals surface area contributed by atoms with Gasteiger partial charge in [0, 0.05) is 17.8 Å². The summed E-state index contributed by atoms with van der Waals surface area (Å²) >= 11 is 0. The highest BCUT2D eigenvalue weighted by molar-refractivity contribution is 5.83. The number of ether oxygens (including phenoxy) is 2. The summed E-state index contributed by atoms with van der Waals surface area (Å²) in [6.45, 7) is 0. The van der Waals surface area contributed by atoms with Crippen molar-refractivity contribution in [3.05, 3.63) is 52.2 Å². The third-order valence-electron chi connectivity index (χ3n) is 2.74. The molecule has 0 unspecified atom stereocenters. The molecule has 0 amide bonds.